The summed E-state index contributed by atoms with van der Waals surface area (Å²) in [7, 11) is 0. The van der Waals surface area contributed by atoms with Gasteiger partial charge in [0, 0.05) is 30.7 Å². The predicted octanol–water partition coefficient (Wildman–Crippen LogP) is 2.45. The van der Waals surface area contributed by atoms with Crippen molar-refractivity contribution in [1.29, 1.82) is 0 Å². The Labute approximate surface area is 123 Å². The van der Waals surface area contributed by atoms with Crippen molar-refractivity contribution in [3.8, 4) is 0 Å². The van der Waals surface area contributed by atoms with Gasteiger partial charge in [-0.1, -0.05) is 24.3 Å². The summed E-state index contributed by atoms with van der Waals surface area (Å²) in [6.07, 6.45) is -3.81. The zero-order chi connectivity index (χ0) is 15.0. The van der Waals surface area contributed by atoms with Gasteiger partial charge in [-0.25, -0.2) is 0 Å². The topological polar surface area (TPSA) is 55.0 Å². The minimum Gasteiger partial charge on any atom is -0.338 e. The molecule has 0 saturated carbocycles. The lowest BCUT2D eigenvalue weighted by atomic mass is 9.94. The molecule has 0 bridgehead atoms. The molecule has 1 aromatic carbocycles. The number of anilines is 1. The van der Waals surface area contributed by atoms with E-state index in [0.29, 0.717) is 19.5 Å². The average Bonchev–Trinajstić information content (AvgIpc) is 2.95. The fourth-order valence-corrected chi connectivity index (χ4v) is 3.23. The van der Waals surface area contributed by atoms with Crippen LogP contribution in [-0.2, 0) is 19.1 Å². The molecule has 1 unspecified atom stereocenters. The van der Waals surface area contributed by atoms with Crippen LogP contribution < -0.4 is 10.6 Å². The zero-order valence-corrected chi connectivity index (χ0v) is 11.8. The second-order valence-electron chi connectivity index (χ2n) is 4.89. The first-order valence-corrected chi connectivity index (χ1v) is 7.21. The standard InChI is InChI=1S/C13H13F3N4S/c14-13(15,16)11-18-12(21-19-11)20-7-9-4-2-1-3-8(9)5-10(20)6-17/h1-4,10H,5-7,17H2. The fourth-order valence-electron chi connectivity index (χ4n) is 2.47. The van der Waals surface area contributed by atoms with E-state index in [4.69, 9.17) is 5.73 Å². The summed E-state index contributed by atoms with van der Waals surface area (Å²) in [5, 5.41) is 0.271. The molecule has 0 spiro atoms. The molecule has 2 heterocycles. The van der Waals surface area contributed by atoms with E-state index in [1.54, 1.807) is 0 Å². The number of nitrogens with two attached hydrogens (primary N) is 1. The second kappa shape index (κ2) is 5.27. The van der Waals surface area contributed by atoms with Gasteiger partial charge >= 0.3 is 6.18 Å². The molecule has 112 valence electrons. The van der Waals surface area contributed by atoms with Crippen molar-refractivity contribution in [1.82, 2.24) is 9.36 Å². The number of fused-ring (bicyclic) bond motifs is 1. The molecule has 1 atom stereocenters. The summed E-state index contributed by atoms with van der Waals surface area (Å²) in [6.45, 7) is 0.861. The number of halogens is 3. The summed E-state index contributed by atoms with van der Waals surface area (Å²) >= 11 is 0.766. The van der Waals surface area contributed by atoms with Gasteiger partial charge in [0.2, 0.25) is 11.0 Å². The van der Waals surface area contributed by atoms with Crippen molar-refractivity contribution in [2.75, 3.05) is 11.4 Å². The van der Waals surface area contributed by atoms with Gasteiger partial charge in [0.1, 0.15) is 0 Å². The van der Waals surface area contributed by atoms with Gasteiger partial charge in [-0.3, -0.25) is 0 Å². The van der Waals surface area contributed by atoms with Crippen LogP contribution in [0.2, 0.25) is 0 Å². The zero-order valence-electron chi connectivity index (χ0n) is 11.0. The molecular weight excluding hydrogens is 301 g/mol. The van der Waals surface area contributed by atoms with Crippen LogP contribution in [0.25, 0.3) is 0 Å². The van der Waals surface area contributed by atoms with Crippen LogP contribution in [0.4, 0.5) is 18.3 Å². The maximum Gasteiger partial charge on any atom is 0.452 e. The Hall–Kier alpha value is -1.67. The van der Waals surface area contributed by atoms with Crippen molar-refractivity contribution in [2.24, 2.45) is 5.73 Å². The summed E-state index contributed by atoms with van der Waals surface area (Å²) in [4.78, 5) is 5.44. The number of benzene rings is 1. The van der Waals surface area contributed by atoms with Crippen LogP contribution in [0, 0.1) is 0 Å². The Morgan fingerprint density at radius 3 is 2.62 bits per heavy atom. The molecule has 4 nitrogen and oxygen atoms in total. The van der Waals surface area contributed by atoms with E-state index in [1.807, 2.05) is 29.2 Å². The Kier molecular flexibility index (Phi) is 3.58. The number of nitrogens with zero attached hydrogens (tertiary/aromatic N) is 3. The average molecular weight is 314 g/mol. The van der Waals surface area contributed by atoms with Crippen LogP contribution in [0.15, 0.2) is 24.3 Å². The molecule has 0 saturated heterocycles. The molecule has 8 heteroatoms. The van der Waals surface area contributed by atoms with Crippen molar-refractivity contribution in [3.63, 3.8) is 0 Å². The molecule has 21 heavy (non-hydrogen) atoms. The minimum absolute atomic E-state index is 0.0612. The van der Waals surface area contributed by atoms with Gasteiger partial charge in [-0.15, -0.1) is 0 Å². The Bertz CT molecular complexity index is 640. The van der Waals surface area contributed by atoms with E-state index in [2.05, 4.69) is 9.36 Å². The SMILES string of the molecule is NCC1Cc2ccccc2CN1c1nc(C(F)(F)F)ns1. The molecule has 0 radical (unpaired) electrons. The van der Waals surface area contributed by atoms with E-state index in [-0.39, 0.29) is 11.2 Å². The van der Waals surface area contributed by atoms with Gasteiger partial charge in [0.15, 0.2) is 0 Å². The quantitative estimate of drug-likeness (QED) is 0.925. The Morgan fingerprint density at radius 2 is 2.00 bits per heavy atom. The lowest BCUT2D eigenvalue weighted by Gasteiger charge is -2.35. The molecule has 2 aromatic rings. The molecule has 0 aliphatic carbocycles. The molecule has 0 fully saturated rings. The molecule has 0 amide bonds. The largest absolute Gasteiger partial charge is 0.452 e. The number of alkyl halides is 3. The number of hydrogen-bond acceptors (Lipinski definition) is 5. The van der Waals surface area contributed by atoms with E-state index in [1.165, 1.54) is 5.56 Å². The number of rotatable bonds is 2. The molecule has 1 aliphatic rings. The van der Waals surface area contributed by atoms with Gasteiger partial charge in [0.25, 0.3) is 0 Å². The molecular formula is C13H13F3N4S. The smallest absolute Gasteiger partial charge is 0.338 e. The van der Waals surface area contributed by atoms with E-state index < -0.39 is 12.0 Å². The first kappa shape index (κ1) is 14.3. The van der Waals surface area contributed by atoms with E-state index in [9.17, 15) is 13.2 Å². The van der Waals surface area contributed by atoms with Gasteiger partial charge in [-0.05, 0) is 17.5 Å². The maximum atomic E-state index is 12.6. The van der Waals surface area contributed by atoms with Crippen LogP contribution >= 0.6 is 11.5 Å². The van der Waals surface area contributed by atoms with Gasteiger partial charge in [-0.2, -0.15) is 22.5 Å². The van der Waals surface area contributed by atoms with Crippen molar-refractivity contribution in [3.05, 3.63) is 41.2 Å². The lowest BCUT2D eigenvalue weighted by molar-refractivity contribution is -0.144. The molecule has 1 aromatic heterocycles. The minimum atomic E-state index is -4.51. The number of aromatic nitrogens is 2. The van der Waals surface area contributed by atoms with Crippen molar-refractivity contribution in [2.45, 2.75) is 25.2 Å². The monoisotopic (exact) mass is 314 g/mol. The number of hydrogen-bond donors (Lipinski definition) is 1. The third-order valence-corrected chi connectivity index (χ3v) is 4.30. The lowest BCUT2D eigenvalue weighted by Crippen LogP contribution is -2.45. The summed E-state index contributed by atoms with van der Waals surface area (Å²) < 4.78 is 41.3. The van der Waals surface area contributed by atoms with Crippen LogP contribution in [0.5, 0.6) is 0 Å². The third kappa shape index (κ3) is 2.73. The van der Waals surface area contributed by atoms with Crippen molar-refractivity contribution >= 4 is 16.7 Å². The van der Waals surface area contributed by atoms with Crippen LogP contribution in [0.3, 0.4) is 0 Å². The highest BCUT2D eigenvalue weighted by molar-refractivity contribution is 7.09. The highest BCUT2D eigenvalue weighted by atomic mass is 32.1. The summed E-state index contributed by atoms with van der Waals surface area (Å²) in [6, 6.07) is 7.81. The van der Waals surface area contributed by atoms with Crippen molar-refractivity contribution < 1.29 is 13.2 Å². The third-order valence-electron chi connectivity index (χ3n) is 3.54. The second-order valence-corrected chi connectivity index (χ2v) is 5.62. The fraction of sp³-hybridized carbons (Fsp3) is 0.385. The first-order chi connectivity index (χ1) is 9.99. The highest BCUT2D eigenvalue weighted by Gasteiger charge is 2.37. The Balaban J connectivity index is 1.92. The summed E-state index contributed by atoms with van der Waals surface area (Å²) in [5.41, 5.74) is 8.05. The van der Waals surface area contributed by atoms with Crippen LogP contribution in [0.1, 0.15) is 17.0 Å². The normalized spacial score (nSPS) is 18.7. The summed E-state index contributed by atoms with van der Waals surface area (Å²) in [5.74, 6) is -1.09. The molecule has 2 N–H and O–H groups in total. The molecule has 1 aliphatic heterocycles. The Morgan fingerprint density at radius 1 is 1.29 bits per heavy atom. The van der Waals surface area contributed by atoms with E-state index >= 15 is 0 Å². The first-order valence-electron chi connectivity index (χ1n) is 6.43. The predicted molar refractivity (Wildman–Crippen MR) is 74.1 cm³/mol. The van der Waals surface area contributed by atoms with Gasteiger partial charge in [0.05, 0.1) is 0 Å². The van der Waals surface area contributed by atoms with Gasteiger partial charge < -0.3 is 10.6 Å². The molecule has 3 rings (SSSR count). The van der Waals surface area contributed by atoms with E-state index in [0.717, 1.165) is 17.1 Å². The highest BCUT2D eigenvalue weighted by Crippen LogP contribution is 2.33. The maximum absolute atomic E-state index is 12.6. The van der Waals surface area contributed by atoms with Crippen LogP contribution in [-0.4, -0.2) is 21.9 Å².